The second-order valence-electron chi connectivity index (χ2n) is 9.89. The average Bonchev–Trinajstić information content (AvgIpc) is 3.31. The zero-order valence-corrected chi connectivity index (χ0v) is 19.3. The lowest BCUT2D eigenvalue weighted by molar-refractivity contribution is -0.127. The zero-order chi connectivity index (χ0) is 22.6. The standard InChI is InChI=1S/C26H31N3O3/c1-16-11-17(2)13-19(12-16)29-24(30)22-14-23-21(9-10-32-23)28(22)15-26(29,4)25(31)27-20-8-6-5-7-18(20)3/h9-14,18,20H,5-8,15H2,1-4H3,(H,27,31)/t18-,20-,26+/m0/s1. The van der Waals surface area contributed by atoms with E-state index >= 15 is 0 Å². The van der Waals surface area contributed by atoms with Crippen LogP contribution in [0.25, 0.3) is 11.1 Å². The number of nitrogens with zero attached hydrogens (tertiary/aromatic N) is 2. The number of aryl methyl sites for hydroxylation is 2. The number of carbonyl (C=O) groups is 2. The van der Waals surface area contributed by atoms with Gasteiger partial charge >= 0.3 is 0 Å². The van der Waals surface area contributed by atoms with Crippen molar-refractivity contribution in [3.05, 3.63) is 53.4 Å². The van der Waals surface area contributed by atoms with E-state index < -0.39 is 5.54 Å². The molecule has 0 radical (unpaired) electrons. The van der Waals surface area contributed by atoms with Crippen molar-refractivity contribution < 1.29 is 14.0 Å². The van der Waals surface area contributed by atoms with E-state index in [1.165, 1.54) is 6.42 Å². The molecule has 1 aliphatic carbocycles. The molecule has 2 aliphatic rings. The average molecular weight is 434 g/mol. The van der Waals surface area contributed by atoms with Crippen LogP contribution in [-0.4, -0.2) is 28.0 Å². The highest BCUT2D eigenvalue weighted by atomic mass is 16.3. The summed E-state index contributed by atoms with van der Waals surface area (Å²) < 4.78 is 7.50. The van der Waals surface area contributed by atoms with E-state index in [0.29, 0.717) is 23.7 Å². The Bertz CT molecular complexity index is 1190. The van der Waals surface area contributed by atoms with Gasteiger partial charge < -0.3 is 14.3 Å². The third-order valence-electron chi connectivity index (χ3n) is 7.29. The molecule has 6 heteroatoms. The molecule has 1 aliphatic heterocycles. The van der Waals surface area contributed by atoms with Crippen molar-refractivity contribution in [1.29, 1.82) is 0 Å². The van der Waals surface area contributed by atoms with Crippen molar-refractivity contribution in [3.63, 3.8) is 0 Å². The Hall–Kier alpha value is -3.02. The molecule has 2 amide bonds. The molecule has 3 aromatic rings. The van der Waals surface area contributed by atoms with Crippen molar-refractivity contribution in [2.24, 2.45) is 5.92 Å². The van der Waals surface area contributed by atoms with E-state index in [9.17, 15) is 9.59 Å². The van der Waals surface area contributed by atoms with Crippen LogP contribution in [0.2, 0.25) is 0 Å². The summed E-state index contributed by atoms with van der Waals surface area (Å²) >= 11 is 0. The first-order chi connectivity index (χ1) is 15.3. The summed E-state index contributed by atoms with van der Waals surface area (Å²) in [5.74, 6) is 0.162. The van der Waals surface area contributed by atoms with Gasteiger partial charge in [-0.2, -0.15) is 0 Å². The van der Waals surface area contributed by atoms with Crippen LogP contribution in [0, 0.1) is 19.8 Å². The molecule has 2 aromatic heterocycles. The molecule has 1 aromatic carbocycles. The first-order valence-corrected chi connectivity index (χ1v) is 11.6. The Balaban J connectivity index is 1.61. The summed E-state index contributed by atoms with van der Waals surface area (Å²) in [6.45, 7) is 8.50. The maximum absolute atomic E-state index is 13.9. The Kier molecular flexibility index (Phi) is 4.91. The first kappa shape index (κ1) is 20.9. The Morgan fingerprint density at radius 1 is 1.12 bits per heavy atom. The number of aromatic nitrogens is 1. The molecule has 3 heterocycles. The van der Waals surface area contributed by atoms with Gasteiger partial charge in [0.25, 0.3) is 5.91 Å². The fourth-order valence-corrected chi connectivity index (χ4v) is 5.55. The minimum absolute atomic E-state index is 0.0974. The lowest BCUT2D eigenvalue weighted by Gasteiger charge is -2.45. The third-order valence-corrected chi connectivity index (χ3v) is 7.29. The smallest absolute Gasteiger partial charge is 0.276 e. The van der Waals surface area contributed by atoms with Crippen molar-refractivity contribution in [3.8, 4) is 0 Å². The monoisotopic (exact) mass is 433 g/mol. The fraction of sp³-hybridized carbons (Fsp3) is 0.462. The van der Waals surface area contributed by atoms with Crippen LogP contribution in [0.5, 0.6) is 0 Å². The van der Waals surface area contributed by atoms with Gasteiger partial charge in [-0.15, -0.1) is 0 Å². The normalized spacial score (nSPS) is 25.8. The van der Waals surface area contributed by atoms with Gasteiger partial charge in [0.05, 0.1) is 18.3 Å². The van der Waals surface area contributed by atoms with Gasteiger partial charge in [-0.1, -0.05) is 25.8 Å². The molecular weight excluding hydrogens is 402 g/mol. The van der Waals surface area contributed by atoms with E-state index in [1.807, 2.05) is 43.5 Å². The topological polar surface area (TPSA) is 67.5 Å². The summed E-state index contributed by atoms with van der Waals surface area (Å²) in [6.07, 6.45) is 6.08. The van der Waals surface area contributed by atoms with E-state index in [-0.39, 0.29) is 17.9 Å². The maximum Gasteiger partial charge on any atom is 0.276 e. The number of rotatable bonds is 3. The number of fused-ring (bicyclic) bond motifs is 3. The van der Waals surface area contributed by atoms with E-state index in [0.717, 1.165) is 41.6 Å². The zero-order valence-electron chi connectivity index (χ0n) is 19.3. The number of anilines is 1. The fourth-order valence-electron chi connectivity index (χ4n) is 5.55. The van der Waals surface area contributed by atoms with Crippen LogP contribution >= 0.6 is 0 Å². The van der Waals surface area contributed by atoms with Gasteiger partial charge in [0.2, 0.25) is 5.91 Å². The Labute approximate surface area is 188 Å². The summed E-state index contributed by atoms with van der Waals surface area (Å²) in [6, 6.07) is 9.84. The molecular formula is C26H31N3O3. The number of furan rings is 1. The van der Waals surface area contributed by atoms with Crippen LogP contribution in [0.1, 0.15) is 61.1 Å². The van der Waals surface area contributed by atoms with Crippen LogP contribution in [0.4, 0.5) is 5.69 Å². The van der Waals surface area contributed by atoms with Gasteiger partial charge in [-0.25, -0.2) is 0 Å². The van der Waals surface area contributed by atoms with Gasteiger partial charge in [-0.05, 0) is 62.8 Å². The highest BCUT2D eigenvalue weighted by Crippen LogP contribution is 2.37. The van der Waals surface area contributed by atoms with Crippen LogP contribution in [0.15, 0.2) is 41.0 Å². The SMILES string of the molecule is Cc1cc(C)cc(N2C(=O)c3cc4occc4n3C[C@]2(C)C(=O)N[C@H]2CCCC[C@@H]2C)c1. The number of hydrogen-bond donors (Lipinski definition) is 1. The van der Waals surface area contributed by atoms with Crippen LogP contribution < -0.4 is 10.2 Å². The van der Waals surface area contributed by atoms with Gasteiger partial charge in [0, 0.05) is 23.9 Å². The quantitative estimate of drug-likeness (QED) is 0.634. The van der Waals surface area contributed by atoms with Crippen molar-refractivity contribution in [2.45, 2.75) is 71.5 Å². The first-order valence-electron chi connectivity index (χ1n) is 11.6. The largest absolute Gasteiger partial charge is 0.463 e. The highest BCUT2D eigenvalue weighted by Gasteiger charge is 2.49. The Morgan fingerprint density at radius 3 is 2.56 bits per heavy atom. The van der Waals surface area contributed by atoms with Crippen molar-refractivity contribution in [1.82, 2.24) is 9.88 Å². The van der Waals surface area contributed by atoms with Gasteiger partial charge in [0.15, 0.2) is 5.58 Å². The molecule has 0 spiro atoms. The molecule has 0 unspecified atom stereocenters. The molecule has 3 atom stereocenters. The number of carbonyl (C=O) groups excluding carboxylic acids is 2. The third kappa shape index (κ3) is 3.24. The summed E-state index contributed by atoms with van der Waals surface area (Å²) in [5, 5.41) is 3.32. The molecule has 0 saturated heterocycles. The summed E-state index contributed by atoms with van der Waals surface area (Å²) in [7, 11) is 0. The van der Waals surface area contributed by atoms with Crippen LogP contribution in [-0.2, 0) is 11.3 Å². The highest BCUT2D eigenvalue weighted by molar-refractivity contribution is 6.13. The van der Waals surface area contributed by atoms with Crippen molar-refractivity contribution >= 4 is 28.6 Å². The Morgan fingerprint density at radius 2 is 1.84 bits per heavy atom. The molecule has 6 nitrogen and oxygen atoms in total. The van der Waals surface area contributed by atoms with E-state index in [4.69, 9.17) is 4.42 Å². The molecule has 5 rings (SSSR count). The van der Waals surface area contributed by atoms with Gasteiger partial charge in [0.1, 0.15) is 11.2 Å². The summed E-state index contributed by atoms with van der Waals surface area (Å²) in [5.41, 5.74) is 3.88. The van der Waals surface area contributed by atoms with E-state index in [1.54, 1.807) is 17.2 Å². The second-order valence-corrected chi connectivity index (χ2v) is 9.89. The molecule has 0 bridgehead atoms. The molecule has 1 saturated carbocycles. The molecule has 32 heavy (non-hydrogen) atoms. The minimum Gasteiger partial charge on any atom is -0.463 e. The minimum atomic E-state index is -1.06. The van der Waals surface area contributed by atoms with Crippen LogP contribution in [0.3, 0.4) is 0 Å². The number of amides is 2. The lowest BCUT2D eigenvalue weighted by Crippen LogP contribution is -2.65. The molecule has 168 valence electrons. The lowest BCUT2D eigenvalue weighted by atomic mass is 9.84. The summed E-state index contributed by atoms with van der Waals surface area (Å²) in [4.78, 5) is 29.5. The maximum atomic E-state index is 13.9. The number of benzene rings is 1. The number of nitrogens with one attached hydrogen (secondary N) is 1. The molecule has 1 N–H and O–H groups in total. The second kappa shape index (κ2) is 7.54. The predicted octanol–water partition coefficient (Wildman–Crippen LogP) is 4.97. The van der Waals surface area contributed by atoms with Gasteiger partial charge in [-0.3, -0.25) is 14.5 Å². The van der Waals surface area contributed by atoms with E-state index in [2.05, 4.69) is 18.3 Å². The van der Waals surface area contributed by atoms with Crippen molar-refractivity contribution in [2.75, 3.05) is 4.90 Å². The number of hydrogen-bond acceptors (Lipinski definition) is 3. The predicted molar refractivity (Wildman–Crippen MR) is 125 cm³/mol. The molecule has 1 fully saturated rings.